The predicted molar refractivity (Wildman–Crippen MR) is 132 cm³/mol. The number of hydrogen-bond donors (Lipinski definition) is 1. The zero-order valence-electron chi connectivity index (χ0n) is 19.5. The molecule has 1 saturated heterocycles. The number of nitrogens with zero attached hydrogens (tertiary/aromatic N) is 5. The van der Waals surface area contributed by atoms with E-state index in [-0.39, 0.29) is 12.1 Å². The van der Waals surface area contributed by atoms with Crippen LogP contribution in [0.1, 0.15) is 18.9 Å². The van der Waals surface area contributed by atoms with Gasteiger partial charge in [-0.05, 0) is 49.7 Å². The quantitative estimate of drug-likeness (QED) is 0.395. The third-order valence-corrected chi connectivity index (χ3v) is 6.88. The van der Waals surface area contributed by atoms with Crippen LogP contribution in [-0.2, 0) is 12.7 Å². The van der Waals surface area contributed by atoms with Gasteiger partial charge in [0.1, 0.15) is 0 Å². The number of anilines is 3. The highest BCUT2D eigenvalue weighted by molar-refractivity contribution is 6.08. The fourth-order valence-electron chi connectivity index (χ4n) is 5.13. The summed E-state index contributed by atoms with van der Waals surface area (Å²) >= 11 is 0. The summed E-state index contributed by atoms with van der Waals surface area (Å²) in [5.41, 5.74) is 2.36. The minimum Gasteiger partial charge on any atom is -0.366 e. The van der Waals surface area contributed by atoms with Crippen molar-refractivity contribution in [2.75, 3.05) is 28.2 Å². The van der Waals surface area contributed by atoms with Gasteiger partial charge in [0.15, 0.2) is 5.82 Å². The fraction of sp³-hybridized carbons (Fsp3) is 0.269. The molecule has 2 bridgehead atoms. The van der Waals surface area contributed by atoms with Crippen molar-refractivity contribution in [3.63, 3.8) is 0 Å². The number of amides is 2. The lowest BCUT2D eigenvalue weighted by atomic mass is 10.1. The Morgan fingerprint density at radius 3 is 2.78 bits per heavy atom. The smallest absolute Gasteiger partial charge is 0.366 e. The lowest BCUT2D eigenvalue weighted by Gasteiger charge is -2.36. The number of halogens is 3. The highest BCUT2D eigenvalue weighted by Crippen LogP contribution is 2.41. The number of carbonyl (C=O) groups is 1. The number of pyridine rings is 1. The number of aromatic nitrogens is 3. The average Bonchev–Trinajstić information content (AvgIpc) is 3.49. The zero-order chi connectivity index (χ0) is 25.0. The van der Waals surface area contributed by atoms with Crippen LogP contribution < -0.4 is 15.1 Å². The number of fused-ring (bicyclic) bond motifs is 5. The normalized spacial score (nSPS) is 16.9. The number of hydrogen-bond acceptors (Lipinski definition) is 4. The Bertz CT molecular complexity index is 1480. The summed E-state index contributed by atoms with van der Waals surface area (Å²) in [5.74, 6) is 0.451. The maximum atomic E-state index is 13.7. The summed E-state index contributed by atoms with van der Waals surface area (Å²) < 4.78 is 41.7. The summed E-state index contributed by atoms with van der Waals surface area (Å²) in [5, 5.41) is 8.26. The Hall–Kier alpha value is -4.08. The van der Waals surface area contributed by atoms with E-state index in [1.165, 1.54) is 6.07 Å². The molecule has 1 fully saturated rings. The summed E-state index contributed by atoms with van der Waals surface area (Å²) in [6.45, 7) is 4.18. The molecule has 4 heterocycles. The molecule has 0 aliphatic carbocycles. The average molecular weight is 493 g/mol. The number of nitrogens with one attached hydrogen (secondary N) is 1. The molecule has 184 valence electrons. The molecule has 1 N–H and O–H groups in total. The van der Waals surface area contributed by atoms with Gasteiger partial charge in [0.05, 0.1) is 40.4 Å². The highest BCUT2D eigenvalue weighted by Gasteiger charge is 2.40. The van der Waals surface area contributed by atoms with Crippen molar-refractivity contribution in [2.24, 2.45) is 0 Å². The third-order valence-electron chi connectivity index (χ3n) is 6.88. The van der Waals surface area contributed by atoms with Gasteiger partial charge in [-0.15, -0.1) is 0 Å². The molecule has 2 amide bonds. The van der Waals surface area contributed by atoms with Gasteiger partial charge >= 0.3 is 12.2 Å². The number of aryl methyl sites for hydroxylation is 1. The molecular weight excluding hydrogens is 469 g/mol. The monoisotopic (exact) mass is 492 g/mol. The van der Waals surface area contributed by atoms with Crippen LogP contribution in [0.4, 0.5) is 35.2 Å². The summed E-state index contributed by atoms with van der Waals surface area (Å²) in [6, 6.07) is 13.9. The van der Waals surface area contributed by atoms with E-state index in [0.29, 0.717) is 35.9 Å². The standard InChI is InChI=1S/C26H23F3N6O/c1-2-34-22-8-4-7-21(19(22)14-30-34)32-25(36)35-18-11-12-33(15-18)23-10-9-20(31-24(23)35)16-5-3-6-17(13-16)26(27,28)29/h3-10,13-14,18H,2,11-12,15H2,1H3,(H,32,36)/t18-/m1/s1. The van der Waals surface area contributed by atoms with Crippen molar-refractivity contribution in [3.05, 3.63) is 66.4 Å². The first kappa shape index (κ1) is 22.4. The predicted octanol–water partition coefficient (Wildman–Crippen LogP) is 5.77. The lowest BCUT2D eigenvalue weighted by molar-refractivity contribution is -0.137. The highest BCUT2D eigenvalue weighted by atomic mass is 19.4. The molecule has 36 heavy (non-hydrogen) atoms. The SMILES string of the molecule is CCn1ncc2c(NC(=O)N3c4nc(-c5cccc(C(F)(F)F)c5)ccc4N4CC[C@@H]3C4)cccc21. The second-order valence-corrected chi connectivity index (χ2v) is 9.01. The summed E-state index contributed by atoms with van der Waals surface area (Å²) in [4.78, 5) is 22.2. The number of benzene rings is 2. The van der Waals surface area contributed by atoms with Crippen LogP contribution in [0.2, 0.25) is 0 Å². The minimum atomic E-state index is -4.45. The van der Waals surface area contributed by atoms with Gasteiger partial charge in [0, 0.05) is 30.6 Å². The molecule has 6 rings (SSSR count). The third kappa shape index (κ3) is 3.64. The maximum Gasteiger partial charge on any atom is 0.416 e. The molecule has 7 nitrogen and oxygen atoms in total. The molecule has 2 aliphatic rings. The largest absolute Gasteiger partial charge is 0.416 e. The Balaban J connectivity index is 1.38. The van der Waals surface area contributed by atoms with E-state index < -0.39 is 11.7 Å². The zero-order valence-corrected chi connectivity index (χ0v) is 19.5. The Morgan fingerprint density at radius 2 is 1.97 bits per heavy atom. The number of carbonyl (C=O) groups excluding carboxylic acids is 1. The summed E-state index contributed by atoms with van der Waals surface area (Å²) in [6.07, 6.45) is -1.94. The maximum absolute atomic E-state index is 13.7. The first-order valence-electron chi connectivity index (χ1n) is 11.8. The molecule has 1 atom stereocenters. The van der Waals surface area contributed by atoms with E-state index in [4.69, 9.17) is 4.98 Å². The van der Waals surface area contributed by atoms with Crippen molar-refractivity contribution in [1.82, 2.24) is 14.8 Å². The van der Waals surface area contributed by atoms with Crippen LogP contribution in [0.15, 0.2) is 60.8 Å². The van der Waals surface area contributed by atoms with E-state index >= 15 is 0 Å². The second kappa shape index (κ2) is 8.25. The number of urea groups is 1. The van der Waals surface area contributed by atoms with Gasteiger partial charge < -0.3 is 10.2 Å². The van der Waals surface area contributed by atoms with Gasteiger partial charge in [-0.25, -0.2) is 9.78 Å². The first-order chi connectivity index (χ1) is 17.3. The molecule has 2 aromatic heterocycles. The molecule has 0 unspecified atom stereocenters. The van der Waals surface area contributed by atoms with Gasteiger partial charge in [0.2, 0.25) is 0 Å². The number of rotatable bonds is 3. The molecule has 2 aromatic carbocycles. The van der Waals surface area contributed by atoms with E-state index in [2.05, 4.69) is 15.3 Å². The summed E-state index contributed by atoms with van der Waals surface area (Å²) in [7, 11) is 0. The van der Waals surface area contributed by atoms with E-state index in [1.807, 2.05) is 35.9 Å². The van der Waals surface area contributed by atoms with Gasteiger partial charge in [0.25, 0.3) is 0 Å². The molecule has 0 spiro atoms. The minimum absolute atomic E-state index is 0.0840. The lowest BCUT2D eigenvalue weighted by Crippen LogP contribution is -2.48. The van der Waals surface area contributed by atoms with Gasteiger partial charge in [-0.2, -0.15) is 18.3 Å². The molecule has 0 radical (unpaired) electrons. The Kier molecular flexibility index (Phi) is 5.13. The van der Waals surface area contributed by atoms with E-state index in [0.717, 1.165) is 41.7 Å². The van der Waals surface area contributed by atoms with Gasteiger partial charge in [-0.1, -0.05) is 18.2 Å². The van der Waals surface area contributed by atoms with E-state index in [1.54, 1.807) is 23.2 Å². The first-order valence-corrected chi connectivity index (χ1v) is 11.8. The van der Waals surface area contributed by atoms with Crippen molar-refractivity contribution in [3.8, 4) is 11.3 Å². The van der Waals surface area contributed by atoms with Crippen molar-refractivity contribution < 1.29 is 18.0 Å². The van der Waals surface area contributed by atoms with Crippen LogP contribution in [0.3, 0.4) is 0 Å². The second-order valence-electron chi connectivity index (χ2n) is 9.01. The molecule has 0 saturated carbocycles. The van der Waals surface area contributed by atoms with Crippen LogP contribution in [0.5, 0.6) is 0 Å². The van der Waals surface area contributed by atoms with Crippen molar-refractivity contribution >= 4 is 34.1 Å². The fourth-order valence-corrected chi connectivity index (χ4v) is 5.13. The molecule has 2 aliphatic heterocycles. The molecule has 4 aromatic rings. The van der Waals surface area contributed by atoms with Crippen molar-refractivity contribution in [1.29, 1.82) is 0 Å². The van der Waals surface area contributed by atoms with Crippen molar-refractivity contribution in [2.45, 2.75) is 32.1 Å². The molecule has 10 heteroatoms. The van der Waals surface area contributed by atoms with Crippen LogP contribution in [-0.4, -0.2) is 39.9 Å². The van der Waals surface area contributed by atoms with Crippen LogP contribution in [0, 0.1) is 0 Å². The van der Waals surface area contributed by atoms with E-state index in [9.17, 15) is 18.0 Å². The number of alkyl halides is 3. The Labute approximate surface area is 205 Å². The molecular formula is C26H23F3N6O. The topological polar surface area (TPSA) is 66.3 Å². The van der Waals surface area contributed by atoms with Crippen LogP contribution in [0.25, 0.3) is 22.2 Å². The Morgan fingerprint density at radius 1 is 1.14 bits per heavy atom. The van der Waals surface area contributed by atoms with Gasteiger partial charge in [-0.3, -0.25) is 9.58 Å². The van der Waals surface area contributed by atoms with Crippen LogP contribution >= 0.6 is 0 Å².